The third-order valence-corrected chi connectivity index (χ3v) is 7.36. The van der Waals surface area contributed by atoms with Crippen LogP contribution in [0.1, 0.15) is 32.1 Å². The molecule has 2 aromatic carbocycles. The number of rotatable bonds is 4. The Labute approximate surface area is 210 Å². The minimum Gasteiger partial charge on any atom is -0.378 e. The molecule has 8 nitrogen and oxygen atoms in total. The number of nitrogens with one attached hydrogen (secondary N) is 2. The molecule has 1 aliphatic carbocycles. The van der Waals surface area contributed by atoms with E-state index >= 15 is 0 Å². The molecule has 0 bridgehead atoms. The minimum atomic E-state index is -0.141. The molecule has 2 aromatic heterocycles. The van der Waals surface area contributed by atoms with Crippen molar-refractivity contribution in [2.24, 2.45) is 7.05 Å². The van der Waals surface area contributed by atoms with Gasteiger partial charge in [0.2, 0.25) is 0 Å². The standard InChI is InChI=1S/C28H32N6O2/c1-33-14-13-22-24(33)12-11-23-25(22)31-26(32-27(23)34-15-17-36-18-16-34)19-7-9-21(10-8-19)30-28(35)29-20-5-3-2-4-6-20/h7-14,20H,2-6,15-18H2,1H3,(H2,29,30,35). The Morgan fingerprint density at radius 3 is 2.50 bits per heavy atom. The Morgan fingerprint density at radius 1 is 0.944 bits per heavy atom. The number of amides is 2. The highest BCUT2D eigenvalue weighted by molar-refractivity contribution is 6.08. The Morgan fingerprint density at radius 2 is 1.72 bits per heavy atom. The van der Waals surface area contributed by atoms with E-state index in [2.05, 4.69) is 51.5 Å². The van der Waals surface area contributed by atoms with E-state index in [0.29, 0.717) is 19.0 Å². The maximum absolute atomic E-state index is 12.5. The first-order valence-corrected chi connectivity index (χ1v) is 12.9. The van der Waals surface area contributed by atoms with Crippen molar-refractivity contribution in [3.05, 3.63) is 48.7 Å². The summed E-state index contributed by atoms with van der Waals surface area (Å²) in [4.78, 5) is 24.8. The average molecular weight is 485 g/mol. The first-order chi connectivity index (χ1) is 17.7. The topological polar surface area (TPSA) is 84.3 Å². The van der Waals surface area contributed by atoms with Gasteiger partial charge in [-0.1, -0.05) is 19.3 Å². The molecule has 1 saturated heterocycles. The molecule has 8 heteroatoms. The van der Waals surface area contributed by atoms with Crippen molar-refractivity contribution in [3.8, 4) is 11.4 Å². The van der Waals surface area contributed by atoms with Crippen LogP contribution < -0.4 is 15.5 Å². The molecule has 2 amide bonds. The second kappa shape index (κ2) is 9.78. The predicted molar refractivity (Wildman–Crippen MR) is 144 cm³/mol. The highest BCUT2D eigenvalue weighted by Gasteiger charge is 2.20. The summed E-state index contributed by atoms with van der Waals surface area (Å²) in [6.45, 7) is 2.99. The zero-order chi connectivity index (χ0) is 24.5. The fourth-order valence-electron chi connectivity index (χ4n) is 5.38. The summed E-state index contributed by atoms with van der Waals surface area (Å²) >= 11 is 0. The second-order valence-corrected chi connectivity index (χ2v) is 9.80. The fourth-order valence-corrected chi connectivity index (χ4v) is 5.38. The SMILES string of the molecule is Cn1ccc2c3nc(-c4ccc(NC(=O)NC5CCCCC5)cc4)nc(N4CCOCC4)c3ccc21. The Balaban J connectivity index is 1.31. The largest absolute Gasteiger partial charge is 0.378 e. The Bertz CT molecular complexity index is 1380. The van der Waals surface area contributed by atoms with Gasteiger partial charge in [0.1, 0.15) is 5.82 Å². The molecule has 2 aliphatic rings. The van der Waals surface area contributed by atoms with Gasteiger partial charge in [0, 0.05) is 59.9 Å². The average Bonchev–Trinajstić information content (AvgIpc) is 3.30. The summed E-state index contributed by atoms with van der Waals surface area (Å²) in [7, 11) is 2.05. The molecule has 0 radical (unpaired) electrons. The fraction of sp³-hybridized carbons (Fsp3) is 0.393. The van der Waals surface area contributed by atoms with Crippen molar-refractivity contribution in [1.82, 2.24) is 19.9 Å². The van der Waals surface area contributed by atoms with Gasteiger partial charge in [0.05, 0.1) is 18.7 Å². The molecule has 186 valence electrons. The number of hydrogen-bond acceptors (Lipinski definition) is 5. The van der Waals surface area contributed by atoms with Crippen LogP contribution in [-0.2, 0) is 11.8 Å². The maximum atomic E-state index is 12.5. The van der Waals surface area contributed by atoms with E-state index in [0.717, 1.165) is 64.8 Å². The molecule has 0 atom stereocenters. The van der Waals surface area contributed by atoms with Crippen molar-refractivity contribution < 1.29 is 9.53 Å². The minimum absolute atomic E-state index is 0.141. The van der Waals surface area contributed by atoms with Gasteiger partial charge in [0.25, 0.3) is 0 Å². The number of carbonyl (C=O) groups is 1. The third kappa shape index (κ3) is 4.48. The Kier molecular flexibility index (Phi) is 6.19. The number of nitrogens with zero attached hydrogens (tertiary/aromatic N) is 4. The number of morpholine rings is 1. The van der Waals surface area contributed by atoms with Crippen molar-refractivity contribution in [1.29, 1.82) is 0 Å². The van der Waals surface area contributed by atoms with Gasteiger partial charge in [-0.25, -0.2) is 14.8 Å². The van der Waals surface area contributed by atoms with Crippen molar-refractivity contribution in [3.63, 3.8) is 0 Å². The first kappa shape index (κ1) is 22.8. The number of anilines is 2. The van der Waals surface area contributed by atoms with Gasteiger partial charge >= 0.3 is 6.03 Å². The van der Waals surface area contributed by atoms with Crippen LogP contribution in [0.15, 0.2) is 48.7 Å². The summed E-state index contributed by atoms with van der Waals surface area (Å²) in [5.41, 5.74) is 3.77. The van der Waals surface area contributed by atoms with Crippen LogP contribution >= 0.6 is 0 Å². The van der Waals surface area contributed by atoms with Crippen molar-refractivity contribution >= 4 is 39.3 Å². The molecule has 4 aromatic rings. The van der Waals surface area contributed by atoms with Crippen LogP contribution in [0.4, 0.5) is 16.3 Å². The van der Waals surface area contributed by atoms with Crippen LogP contribution in [-0.4, -0.2) is 52.9 Å². The van der Waals surface area contributed by atoms with E-state index in [9.17, 15) is 4.79 Å². The normalized spacial score (nSPS) is 17.0. The van der Waals surface area contributed by atoms with Gasteiger partial charge in [0.15, 0.2) is 5.82 Å². The molecule has 36 heavy (non-hydrogen) atoms. The molecular weight excluding hydrogens is 452 g/mol. The summed E-state index contributed by atoms with van der Waals surface area (Å²) in [5, 5.41) is 8.25. The van der Waals surface area contributed by atoms with Crippen LogP contribution in [0.25, 0.3) is 33.2 Å². The first-order valence-electron chi connectivity index (χ1n) is 12.9. The number of aromatic nitrogens is 3. The van der Waals surface area contributed by atoms with Crippen LogP contribution in [0.3, 0.4) is 0 Å². The summed E-state index contributed by atoms with van der Waals surface area (Å²) in [6.07, 6.45) is 7.83. The van der Waals surface area contributed by atoms with Gasteiger partial charge in [-0.2, -0.15) is 0 Å². The van der Waals surface area contributed by atoms with E-state index in [4.69, 9.17) is 14.7 Å². The lowest BCUT2D eigenvalue weighted by atomic mass is 9.96. The number of aryl methyl sites for hydroxylation is 1. The van der Waals surface area contributed by atoms with E-state index in [-0.39, 0.29) is 12.1 Å². The smallest absolute Gasteiger partial charge is 0.319 e. The Hall–Kier alpha value is -3.65. The van der Waals surface area contributed by atoms with E-state index in [1.54, 1.807) is 0 Å². The predicted octanol–water partition coefficient (Wildman–Crippen LogP) is 5.08. The summed E-state index contributed by atoms with van der Waals surface area (Å²) < 4.78 is 7.70. The zero-order valence-electron chi connectivity index (χ0n) is 20.7. The molecule has 6 rings (SSSR count). The molecule has 1 saturated carbocycles. The summed E-state index contributed by atoms with van der Waals surface area (Å²) in [6, 6.07) is 14.3. The quantitative estimate of drug-likeness (QED) is 0.422. The van der Waals surface area contributed by atoms with Gasteiger partial charge < -0.3 is 24.8 Å². The van der Waals surface area contributed by atoms with E-state index in [1.807, 2.05) is 24.3 Å². The summed E-state index contributed by atoms with van der Waals surface area (Å²) in [5.74, 6) is 1.62. The molecular formula is C28H32N6O2. The maximum Gasteiger partial charge on any atom is 0.319 e. The van der Waals surface area contributed by atoms with Gasteiger partial charge in [-0.3, -0.25) is 0 Å². The second-order valence-electron chi connectivity index (χ2n) is 9.80. The molecule has 2 N–H and O–H groups in total. The monoisotopic (exact) mass is 484 g/mol. The number of ether oxygens (including phenoxy) is 1. The molecule has 0 unspecified atom stereocenters. The van der Waals surface area contributed by atoms with E-state index < -0.39 is 0 Å². The van der Waals surface area contributed by atoms with Crippen LogP contribution in [0.5, 0.6) is 0 Å². The van der Waals surface area contributed by atoms with Crippen molar-refractivity contribution in [2.45, 2.75) is 38.1 Å². The number of fused-ring (bicyclic) bond motifs is 3. The lowest BCUT2D eigenvalue weighted by Crippen LogP contribution is -2.38. The number of hydrogen-bond donors (Lipinski definition) is 2. The van der Waals surface area contributed by atoms with Crippen LogP contribution in [0.2, 0.25) is 0 Å². The van der Waals surface area contributed by atoms with Crippen molar-refractivity contribution in [2.75, 3.05) is 36.5 Å². The van der Waals surface area contributed by atoms with Crippen LogP contribution in [0, 0.1) is 0 Å². The molecule has 3 heterocycles. The number of carbonyl (C=O) groups excluding carboxylic acids is 1. The number of urea groups is 1. The number of benzene rings is 2. The lowest BCUT2D eigenvalue weighted by molar-refractivity contribution is 0.122. The highest BCUT2D eigenvalue weighted by Crippen LogP contribution is 2.33. The van der Waals surface area contributed by atoms with E-state index in [1.165, 1.54) is 19.3 Å². The van der Waals surface area contributed by atoms with Gasteiger partial charge in [-0.15, -0.1) is 0 Å². The highest BCUT2D eigenvalue weighted by atomic mass is 16.5. The zero-order valence-corrected chi connectivity index (χ0v) is 20.7. The van der Waals surface area contributed by atoms with Gasteiger partial charge in [-0.05, 0) is 55.3 Å². The molecule has 1 aliphatic heterocycles. The lowest BCUT2D eigenvalue weighted by Gasteiger charge is -2.29. The molecule has 0 spiro atoms. The third-order valence-electron chi connectivity index (χ3n) is 7.36. The molecule has 2 fully saturated rings.